The number of nitrogens with zero attached hydrogens (tertiary/aromatic N) is 2. The minimum absolute atomic E-state index is 0.344. The first-order valence-electron chi connectivity index (χ1n) is 4.99. The Balaban J connectivity index is 2.18. The first kappa shape index (κ1) is 9.77. The van der Waals surface area contributed by atoms with Crippen molar-refractivity contribution in [2.75, 3.05) is 5.73 Å². The van der Waals surface area contributed by atoms with E-state index in [1.165, 1.54) is 18.3 Å². The van der Waals surface area contributed by atoms with E-state index in [1.807, 2.05) is 0 Å². The van der Waals surface area contributed by atoms with Crippen LogP contribution >= 0.6 is 0 Å². The van der Waals surface area contributed by atoms with Gasteiger partial charge in [-0.25, -0.2) is 9.37 Å². The number of hydrogen-bond donors (Lipinski definition) is 1. The smallest absolute Gasteiger partial charge is 0.228 e. The van der Waals surface area contributed by atoms with Crippen LogP contribution in [0.15, 0.2) is 41.1 Å². The van der Waals surface area contributed by atoms with Crippen molar-refractivity contribution in [2.24, 2.45) is 0 Å². The summed E-state index contributed by atoms with van der Waals surface area (Å²) >= 11 is 0. The summed E-state index contributed by atoms with van der Waals surface area (Å²) in [4.78, 5) is 8.13. The highest BCUT2D eigenvalue weighted by Crippen LogP contribution is 2.24. The fourth-order valence-electron chi connectivity index (χ4n) is 1.60. The van der Waals surface area contributed by atoms with Gasteiger partial charge in [0, 0.05) is 18.5 Å². The highest BCUT2D eigenvalue weighted by atomic mass is 19.1. The van der Waals surface area contributed by atoms with E-state index in [-0.39, 0.29) is 5.82 Å². The Morgan fingerprint density at radius 2 is 2.06 bits per heavy atom. The zero-order chi connectivity index (χ0) is 11.8. The lowest BCUT2D eigenvalue weighted by molar-refractivity contribution is 0.614. The van der Waals surface area contributed by atoms with Crippen molar-refractivity contribution in [1.82, 2.24) is 9.97 Å². The van der Waals surface area contributed by atoms with Crippen LogP contribution in [0.2, 0.25) is 0 Å². The van der Waals surface area contributed by atoms with Crippen LogP contribution in [-0.4, -0.2) is 9.97 Å². The number of rotatable bonds is 1. The fraction of sp³-hybridized carbons (Fsp3) is 0. The summed E-state index contributed by atoms with van der Waals surface area (Å²) in [7, 11) is 0. The summed E-state index contributed by atoms with van der Waals surface area (Å²) in [5.41, 5.74) is 7.82. The molecule has 1 aromatic carbocycles. The molecular formula is C12H8FN3O. The molecule has 0 aliphatic heterocycles. The molecule has 0 bridgehead atoms. The Hall–Kier alpha value is -2.43. The van der Waals surface area contributed by atoms with Gasteiger partial charge in [0.05, 0.1) is 11.3 Å². The van der Waals surface area contributed by atoms with Crippen molar-refractivity contribution in [3.05, 3.63) is 42.5 Å². The van der Waals surface area contributed by atoms with Gasteiger partial charge in [0.2, 0.25) is 5.89 Å². The molecule has 2 heterocycles. The van der Waals surface area contributed by atoms with Crippen molar-refractivity contribution < 1.29 is 8.81 Å². The normalized spacial score (nSPS) is 10.9. The fourth-order valence-corrected chi connectivity index (χ4v) is 1.60. The van der Waals surface area contributed by atoms with Crippen molar-refractivity contribution in [3.8, 4) is 11.5 Å². The molecule has 3 rings (SSSR count). The lowest BCUT2D eigenvalue weighted by atomic mass is 10.2. The van der Waals surface area contributed by atoms with E-state index in [2.05, 4.69) is 9.97 Å². The highest BCUT2D eigenvalue weighted by Gasteiger charge is 2.09. The van der Waals surface area contributed by atoms with E-state index >= 15 is 0 Å². The lowest BCUT2D eigenvalue weighted by Gasteiger charge is -1.95. The molecule has 2 aromatic heterocycles. The summed E-state index contributed by atoms with van der Waals surface area (Å²) in [6, 6.07) is 5.89. The number of aromatic nitrogens is 2. The van der Waals surface area contributed by atoms with Crippen molar-refractivity contribution in [1.29, 1.82) is 0 Å². The van der Waals surface area contributed by atoms with Gasteiger partial charge in [0.25, 0.3) is 0 Å². The zero-order valence-corrected chi connectivity index (χ0v) is 8.72. The topological polar surface area (TPSA) is 64.9 Å². The molecule has 5 heteroatoms. The number of benzene rings is 1. The van der Waals surface area contributed by atoms with Gasteiger partial charge in [0.1, 0.15) is 11.3 Å². The quantitative estimate of drug-likeness (QED) is 0.696. The zero-order valence-electron chi connectivity index (χ0n) is 8.72. The molecular weight excluding hydrogens is 221 g/mol. The van der Waals surface area contributed by atoms with Crippen LogP contribution in [0, 0.1) is 5.82 Å². The van der Waals surface area contributed by atoms with Crippen molar-refractivity contribution in [2.45, 2.75) is 0 Å². The minimum atomic E-state index is -0.344. The average molecular weight is 229 g/mol. The first-order valence-corrected chi connectivity index (χ1v) is 4.99. The molecule has 0 radical (unpaired) electrons. The molecule has 17 heavy (non-hydrogen) atoms. The van der Waals surface area contributed by atoms with E-state index in [9.17, 15) is 4.39 Å². The molecule has 4 nitrogen and oxygen atoms in total. The third-order valence-corrected chi connectivity index (χ3v) is 2.36. The van der Waals surface area contributed by atoms with E-state index in [4.69, 9.17) is 10.2 Å². The van der Waals surface area contributed by atoms with Gasteiger partial charge in [0.15, 0.2) is 5.58 Å². The number of hydrogen-bond acceptors (Lipinski definition) is 4. The average Bonchev–Trinajstić information content (AvgIpc) is 2.72. The van der Waals surface area contributed by atoms with Crippen LogP contribution in [0.4, 0.5) is 10.1 Å². The number of halogens is 1. The number of anilines is 1. The Morgan fingerprint density at radius 3 is 2.88 bits per heavy atom. The number of pyridine rings is 1. The summed E-state index contributed by atoms with van der Waals surface area (Å²) in [5.74, 6) is 0.0356. The molecule has 2 N–H and O–H groups in total. The second-order valence-corrected chi connectivity index (χ2v) is 3.64. The SMILES string of the molecule is Nc1cncc(-c2nc3cc(F)ccc3o2)c1. The van der Waals surface area contributed by atoms with Crippen LogP contribution in [0.5, 0.6) is 0 Å². The molecule has 0 fully saturated rings. The molecule has 84 valence electrons. The molecule has 0 atom stereocenters. The van der Waals surface area contributed by atoms with Gasteiger partial charge >= 0.3 is 0 Å². The van der Waals surface area contributed by atoms with Crippen molar-refractivity contribution in [3.63, 3.8) is 0 Å². The van der Waals surface area contributed by atoms with Crippen molar-refractivity contribution >= 4 is 16.8 Å². The third-order valence-electron chi connectivity index (χ3n) is 2.36. The third kappa shape index (κ3) is 1.71. The van der Waals surface area contributed by atoms with Crippen LogP contribution in [0.1, 0.15) is 0 Å². The molecule has 0 unspecified atom stereocenters. The number of oxazole rings is 1. The Kier molecular flexibility index (Phi) is 2.04. The molecule has 0 saturated carbocycles. The summed E-state index contributed by atoms with van der Waals surface area (Å²) in [5, 5.41) is 0. The minimum Gasteiger partial charge on any atom is -0.436 e. The second-order valence-electron chi connectivity index (χ2n) is 3.64. The Bertz CT molecular complexity index is 693. The van der Waals surface area contributed by atoms with E-state index < -0.39 is 0 Å². The monoisotopic (exact) mass is 229 g/mol. The van der Waals surface area contributed by atoms with Gasteiger partial charge in [-0.3, -0.25) is 4.98 Å². The van der Waals surface area contributed by atoms with Crippen LogP contribution in [-0.2, 0) is 0 Å². The van der Waals surface area contributed by atoms with Gasteiger partial charge in [-0.1, -0.05) is 0 Å². The van der Waals surface area contributed by atoms with Gasteiger partial charge in [-0.05, 0) is 18.2 Å². The van der Waals surface area contributed by atoms with Crippen LogP contribution in [0.25, 0.3) is 22.6 Å². The first-order chi connectivity index (χ1) is 8.22. The van der Waals surface area contributed by atoms with E-state index in [1.54, 1.807) is 18.3 Å². The summed E-state index contributed by atoms with van der Waals surface area (Å²) < 4.78 is 18.5. The highest BCUT2D eigenvalue weighted by molar-refractivity contribution is 5.76. The van der Waals surface area contributed by atoms with Crippen LogP contribution < -0.4 is 5.73 Å². The predicted molar refractivity (Wildman–Crippen MR) is 61.6 cm³/mol. The molecule has 3 aromatic rings. The van der Waals surface area contributed by atoms with E-state index in [0.717, 1.165) is 0 Å². The summed E-state index contributed by atoms with van der Waals surface area (Å²) in [6.07, 6.45) is 3.13. The second kappa shape index (κ2) is 3.55. The predicted octanol–water partition coefficient (Wildman–Crippen LogP) is 2.61. The number of nitrogen functional groups attached to an aromatic ring is 1. The molecule has 0 spiro atoms. The van der Waals surface area contributed by atoms with Gasteiger partial charge in [-0.15, -0.1) is 0 Å². The molecule has 0 amide bonds. The van der Waals surface area contributed by atoms with Crippen LogP contribution in [0.3, 0.4) is 0 Å². The van der Waals surface area contributed by atoms with E-state index in [0.29, 0.717) is 28.2 Å². The molecule has 0 saturated heterocycles. The molecule has 0 aliphatic rings. The maximum absolute atomic E-state index is 13.0. The Morgan fingerprint density at radius 1 is 1.18 bits per heavy atom. The maximum atomic E-state index is 13.0. The lowest BCUT2D eigenvalue weighted by Crippen LogP contribution is -1.87. The standard InChI is InChI=1S/C12H8FN3O/c13-8-1-2-11-10(4-8)16-12(17-11)7-3-9(14)6-15-5-7/h1-6H,14H2. The molecule has 0 aliphatic carbocycles. The number of fused-ring (bicyclic) bond motifs is 1. The maximum Gasteiger partial charge on any atom is 0.228 e. The largest absolute Gasteiger partial charge is 0.436 e. The number of nitrogens with two attached hydrogens (primary N) is 1. The van der Waals surface area contributed by atoms with Gasteiger partial charge in [-0.2, -0.15) is 0 Å². The Labute approximate surface area is 95.9 Å². The van der Waals surface area contributed by atoms with Gasteiger partial charge < -0.3 is 10.2 Å². The summed E-state index contributed by atoms with van der Waals surface area (Å²) in [6.45, 7) is 0.